The zero-order valence-electron chi connectivity index (χ0n) is 31.3. The van der Waals surface area contributed by atoms with Gasteiger partial charge in [0, 0.05) is 43.3 Å². The molecule has 0 aliphatic carbocycles. The fraction of sp³-hybridized carbons (Fsp3) is 0. The summed E-state index contributed by atoms with van der Waals surface area (Å²) in [5, 5.41) is 8.53. The summed E-state index contributed by atoms with van der Waals surface area (Å²) in [5.74, 6) is 0. The Morgan fingerprint density at radius 2 is 1.05 bits per heavy atom. The molecule has 0 saturated carbocycles. The SMILES string of the molecule is c1ccc(-n2c3ccccc3c3c4ccc(-c5ccc(N(c6ccc(-c7ccc8ccccc8c7)cc6)c6cccc7c6sc6ccccc67)cc5)cc4oc32)cc1. The molecule has 0 spiro atoms. The van der Waals surface area contributed by atoms with Gasteiger partial charge in [0.05, 0.1) is 21.3 Å². The highest BCUT2D eigenvalue weighted by Crippen LogP contribution is 2.46. The quantitative estimate of drug-likeness (QED) is 0.168. The molecular weight excluding hydrogens is 725 g/mol. The highest BCUT2D eigenvalue weighted by atomic mass is 32.1. The minimum atomic E-state index is 0.868. The van der Waals surface area contributed by atoms with Crippen molar-refractivity contribution in [2.75, 3.05) is 4.90 Å². The van der Waals surface area contributed by atoms with Gasteiger partial charge in [-0.15, -0.1) is 11.3 Å². The highest BCUT2D eigenvalue weighted by molar-refractivity contribution is 7.26. The van der Waals surface area contributed by atoms with E-state index in [0.29, 0.717) is 0 Å². The zero-order chi connectivity index (χ0) is 38.2. The van der Waals surface area contributed by atoms with Crippen LogP contribution in [0.25, 0.3) is 91.9 Å². The van der Waals surface area contributed by atoms with E-state index in [4.69, 9.17) is 4.42 Å². The van der Waals surface area contributed by atoms with E-state index in [2.05, 4.69) is 216 Å². The van der Waals surface area contributed by atoms with Crippen molar-refractivity contribution >= 4 is 92.3 Å². The Kier molecular flexibility index (Phi) is 7.40. The third kappa shape index (κ3) is 5.19. The van der Waals surface area contributed by atoms with Gasteiger partial charge in [0.15, 0.2) is 0 Å². The molecule has 4 heteroatoms. The molecule has 0 amide bonds. The third-order valence-corrected chi connectivity index (χ3v) is 12.8. The maximum Gasteiger partial charge on any atom is 0.213 e. The topological polar surface area (TPSA) is 21.3 Å². The molecule has 9 aromatic carbocycles. The maximum atomic E-state index is 6.75. The van der Waals surface area contributed by atoms with Gasteiger partial charge in [-0.25, -0.2) is 0 Å². The molecule has 3 nitrogen and oxygen atoms in total. The van der Waals surface area contributed by atoms with Gasteiger partial charge < -0.3 is 9.32 Å². The van der Waals surface area contributed by atoms with E-state index >= 15 is 0 Å². The van der Waals surface area contributed by atoms with Crippen LogP contribution in [0.2, 0.25) is 0 Å². The summed E-state index contributed by atoms with van der Waals surface area (Å²) in [4.78, 5) is 2.40. The van der Waals surface area contributed by atoms with Gasteiger partial charge in [-0.1, -0.05) is 133 Å². The minimum absolute atomic E-state index is 0.868. The summed E-state index contributed by atoms with van der Waals surface area (Å²) in [6, 6.07) is 74.3. The van der Waals surface area contributed by atoms with E-state index in [1.54, 1.807) is 0 Å². The normalized spacial score (nSPS) is 11.8. The molecule has 12 aromatic rings. The van der Waals surface area contributed by atoms with Crippen molar-refractivity contribution in [3.8, 4) is 27.9 Å². The number of rotatable bonds is 6. The fourth-order valence-corrected chi connectivity index (χ4v) is 10.0. The number of nitrogens with zero attached hydrogens (tertiary/aromatic N) is 2. The number of furan rings is 1. The lowest BCUT2D eigenvalue weighted by molar-refractivity contribution is 0.645. The first-order valence-electron chi connectivity index (χ1n) is 19.7. The Morgan fingerprint density at radius 3 is 1.84 bits per heavy atom. The molecule has 272 valence electrons. The van der Waals surface area contributed by atoms with Crippen molar-refractivity contribution in [3.63, 3.8) is 0 Å². The number of anilines is 3. The van der Waals surface area contributed by atoms with Crippen LogP contribution < -0.4 is 4.90 Å². The average molecular weight is 759 g/mol. The Morgan fingerprint density at radius 1 is 0.431 bits per heavy atom. The van der Waals surface area contributed by atoms with Crippen LogP contribution in [0.4, 0.5) is 17.1 Å². The van der Waals surface area contributed by atoms with Gasteiger partial charge in [0.25, 0.3) is 0 Å². The molecule has 12 rings (SSSR count). The van der Waals surface area contributed by atoms with Gasteiger partial charge in [0.2, 0.25) is 5.71 Å². The van der Waals surface area contributed by atoms with Crippen molar-refractivity contribution in [2.45, 2.75) is 0 Å². The van der Waals surface area contributed by atoms with E-state index in [9.17, 15) is 0 Å². The predicted molar refractivity (Wildman–Crippen MR) is 247 cm³/mol. The lowest BCUT2D eigenvalue weighted by Gasteiger charge is -2.26. The van der Waals surface area contributed by atoms with Crippen LogP contribution in [0.15, 0.2) is 211 Å². The number of para-hydroxylation sites is 2. The first-order valence-corrected chi connectivity index (χ1v) is 20.5. The van der Waals surface area contributed by atoms with Crippen LogP contribution in [0.1, 0.15) is 0 Å². The van der Waals surface area contributed by atoms with Gasteiger partial charge in [0.1, 0.15) is 5.58 Å². The second-order valence-corrected chi connectivity index (χ2v) is 16.0. The smallest absolute Gasteiger partial charge is 0.213 e. The predicted octanol–water partition coefficient (Wildman–Crippen LogP) is 15.9. The lowest BCUT2D eigenvalue weighted by atomic mass is 10.0. The third-order valence-electron chi connectivity index (χ3n) is 11.6. The first kappa shape index (κ1) is 32.8. The highest BCUT2D eigenvalue weighted by Gasteiger charge is 2.21. The standard InChI is InChI=1S/C54H34N2OS/c1-2-13-41(14-3-1)56-48-18-8-6-16-46(48)52-47-32-27-40(34-50(47)57-54(52)56)37-25-30-43(31-26-37)55(49-19-10-17-45-44-15-7-9-20-51(44)58-53(45)49)42-28-23-36(24-29-42)39-22-21-35-11-4-5-12-38(35)33-39/h1-34H. The second-order valence-electron chi connectivity index (χ2n) is 14.9. The summed E-state index contributed by atoms with van der Waals surface area (Å²) in [7, 11) is 0. The molecule has 0 aliphatic rings. The van der Waals surface area contributed by atoms with Crippen molar-refractivity contribution in [1.82, 2.24) is 4.57 Å². The van der Waals surface area contributed by atoms with Crippen molar-refractivity contribution in [3.05, 3.63) is 206 Å². The molecule has 3 heterocycles. The minimum Gasteiger partial charge on any atom is -0.439 e. The van der Waals surface area contributed by atoms with Crippen LogP contribution in [-0.2, 0) is 0 Å². The molecule has 0 radical (unpaired) electrons. The van der Waals surface area contributed by atoms with Crippen molar-refractivity contribution < 1.29 is 4.42 Å². The Balaban J connectivity index is 0.961. The Hall–Kier alpha value is -7.40. The van der Waals surface area contributed by atoms with Crippen molar-refractivity contribution in [2.24, 2.45) is 0 Å². The molecule has 0 unspecified atom stereocenters. The van der Waals surface area contributed by atoms with Gasteiger partial charge >= 0.3 is 0 Å². The summed E-state index contributed by atoms with van der Waals surface area (Å²) in [6.07, 6.45) is 0. The van der Waals surface area contributed by atoms with E-state index in [1.165, 1.54) is 53.1 Å². The fourth-order valence-electron chi connectivity index (χ4n) is 8.81. The summed E-state index contributed by atoms with van der Waals surface area (Å²) in [6.45, 7) is 0. The first-order chi connectivity index (χ1) is 28.7. The Bertz CT molecular complexity index is 3500. The molecule has 3 aromatic heterocycles. The molecule has 0 saturated heterocycles. The number of fused-ring (bicyclic) bond motifs is 9. The summed E-state index contributed by atoms with van der Waals surface area (Å²) < 4.78 is 11.5. The molecule has 0 bridgehead atoms. The van der Waals surface area contributed by atoms with E-state index in [0.717, 1.165) is 55.8 Å². The second kappa shape index (κ2) is 13.1. The molecular formula is C54H34N2OS. The van der Waals surface area contributed by atoms with E-state index in [-0.39, 0.29) is 0 Å². The maximum absolute atomic E-state index is 6.75. The number of thiophene rings is 1. The summed E-state index contributed by atoms with van der Waals surface area (Å²) in [5.41, 5.74) is 12.0. The van der Waals surface area contributed by atoms with Gasteiger partial charge in [-0.05, 0) is 106 Å². The lowest BCUT2D eigenvalue weighted by Crippen LogP contribution is -2.10. The summed E-state index contributed by atoms with van der Waals surface area (Å²) >= 11 is 1.86. The molecule has 0 N–H and O–H groups in total. The number of hydrogen-bond acceptors (Lipinski definition) is 3. The number of hydrogen-bond donors (Lipinski definition) is 0. The average Bonchev–Trinajstić information content (AvgIpc) is 3.96. The van der Waals surface area contributed by atoms with Gasteiger partial charge in [-0.2, -0.15) is 0 Å². The molecule has 0 fully saturated rings. The van der Waals surface area contributed by atoms with E-state index in [1.807, 2.05) is 11.3 Å². The largest absolute Gasteiger partial charge is 0.439 e. The van der Waals surface area contributed by atoms with Crippen molar-refractivity contribution in [1.29, 1.82) is 0 Å². The Labute approximate surface area is 338 Å². The van der Waals surface area contributed by atoms with Crippen LogP contribution in [0, 0.1) is 0 Å². The molecule has 0 atom stereocenters. The van der Waals surface area contributed by atoms with Crippen LogP contribution in [-0.4, -0.2) is 4.57 Å². The van der Waals surface area contributed by atoms with Crippen LogP contribution in [0.3, 0.4) is 0 Å². The molecule has 0 aliphatic heterocycles. The van der Waals surface area contributed by atoms with E-state index < -0.39 is 0 Å². The number of aromatic nitrogens is 1. The van der Waals surface area contributed by atoms with Crippen LogP contribution >= 0.6 is 11.3 Å². The molecule has 58 heavy (non-hydrogen) atoms. The monoisotopic (exact) mass is 758 g/mol. The van der Waals surface area contributed by atoms with Crippen LogP contribution in [0.5, 0.6) is 0 Å². The van der Waals surface area contributed by atoms with Gasteiger partial charge in [-0.3, -0.25) is 4.57 Å². The number of benzene rings is 9. The zero-order valence-corrected chi connectivity index (χ0v) is 32.2.